The van der Waals surface area contributed by atoms with Crippen LogP contribution in [0, 0.1) is 12.8 Å². The van der Waals surface area contributed by atoms with Gasteiger partial charge in [0.15, 0.2) is 0 Å². The Morgan fingerprint density at radius 2 is 1.97 bits per heavy atom. The van der Waals surface area contributed by atoms with Crippen LogP contribution in [0.4, 0.5) is 5.69 Å². The molecule has 0 radical (unpaired) electrons. The number of thiophene rings is 1. The number of aryl methyl sites for hydroxylation is 1. The molecule has 168 valence electrons. The van der Waals surface area contributed by atoms with E-state index in [9.17, 15) is 9.90 Å². The maximum Gasteiger partial charge on any atom is 0.305 e. The van der Waals surface area contributed by atoms with E-state index in [4.69, 9.17) is 4.98 Å². The van der Waals surface area contributed by atoms with Gasteiger partial charge < -0.3 is 15.0 Å². The number of hydrogen-bond acceptors (Lipinski definition) is 4. The molecule has 0 spiro atoms. The summed E-state index contributed by atoms with van der Waals surface area (Å²) in [5.41, 5.74) is 4.16. The molecule has 5 nitrogen and oxygen atoms in total. The van der Waals surface area contributed by atoms with Crippen LogP contribution >= 0.6 is 11.3 Å². The van der Waals surface area contributed by atoms with E-state index in [-0.39, 0.29) is 12.5 Å². The Kier molecular flexibility index (Phi) is 7.76. The van der Waals surface area contributed by atoms with Crippen molar-refractivity contribution in [3.05, 3.63) is 45.9 Å². The number of carbonyl (C=O) groups is 1. The first-order valence-electron chi connectivity index (χ1n) is 11.3. The highest BCUT2D eigenvalue weighted by Gasteiger charge is 2.22. The van der Waals surface area contributed by atoms with Crippen LogP contribution in [0.5, 0.6) is 0 Å². The molecule has 0 bridgehead atoms. The fraction of sp³-hybridized carbons (Fsp3) is 0.520. The van der Waals surface area contributed by atoms with Crippen molar-refractivity contribution in [1.82, 2.24) is 9.55 Å². The lowest BCUT2D eigenvalue weighted by molar-refractivity contribution is -0.137. The van der Waals surface area contributed by atoms with Gasteiger partial charge in [-0.25, -0.2) is 4.98 Å². The molecule has 0 saturated heterocycles. The Balaban J connectivity index is 2.11. The number of rotatable bonds is 11. The van der Waals surface area contributed by atoms with Crippen LogP contribution in [0.2, 0.25) is 0 Å². The average molecular weight is 442 g/mol. The third-order valence-corrected chi connectivity index (χ3v) is 6.77. The quantitative estimate of drug-likeness (QED) is 0.349. The third kappa shape index (κ3) is 5.48. The Bertz CT molecular complexity index is 1000. The van der Waals surface area contributed by atoms with E-state index in [1.807, 2.05) is 0 Å². The Morgan fingerprint density at radius 3 is 2.55 bits per heavy atom. The first-order chi connectivity index (χ1) is 14.8. The van der Waals surface area contributed by atoms with Crippen LogP contribution in [-0.4, -0.2) is 26.7 Å². The summed E-state index contributed by atoms with van der Waals surface area (Å²) >= 11 is 1.76. The van der Waals surface area contributed by atoms with Gasteiger partial charge in [0.2, 0.25) is 0 Å². The second-order valence-electron chi connectivity index (χ2n) is 8.82. The van der Waals surface area contributed by atoms with Crippen LogP contribution in [-0.2, 0) is 11.2 Å². The summed E-state index contributed by atoms with van der Waals surface area (Å²) in [6.07, 6.45) is 3.81. The molecule has 1 aromatic carbocycles. The molecule has 0 unspecified atom stereocenters. The number of fused-ring (bicyclic) bond motifs is 1. The van der Waals surface area contributed by atoms with Gasteiger partial charge in [0.05, 0.1) is 17.6 Å². The topological polar surface area (TPSA) is 67.2 Å². The van der Waals surface area contributed by atoms with Gasteiger partial charge in [-0.3, -0.25) is 4.79 Å². The molecule has 0 aliphatic rings. The highest BCUT2D eigenvalue weighted by molar-refractivity contribution is 7.09. The molecule has 2 N–H and O–H groups in total. The zero-order valence-corrected chi connectivity index (χ0v) is 20.1. The predicted octanol–water partition coefficient (Wildman–Crippen LogP) is 6.66. The number of carboxylic acid groups (broad SMARTS) is 1. The van der Waals surface area contributed by atoms with Crippen molar-refractivity contribution in [3.8, 4) is 0 Å². The fourth-order valence-electron chi connectivity index (χ4n) is 4.42. The zero-order valence-electron chi connectivity index (χ0n) is 19.3. The largest absolute Gasteiger partial charge is 0.481 e. The van der Waals surface area contributed by atoms with Gasteiger partial charge in [-0.2, -0.15) is 0 Å². The summed E-state index contributed by atoms with van der Waals surface area (Å²) in [6, 6.07) is 8.82. The van der Waals surface area contributed by atoms with Gasteiger partial charge in [-0.15, -0.1) is 11.3 Å². The van der Waals surface area contributed by atoms with E-state index in [1.54, 1.807) is 11.3 Å². The van der Waals surface area contributed by atoms with Gasteiger partial charge in [-0.1, -0.05) is 39.8 Å². The van der Waals surface area contributed by atoms with E-state index < -0.39 is 5.97 Å². The van der Waals surface area contributed by atoms with E-state index in [0.717, 1.165) is 53.8 Å². The predicted molar refractivity (Wildman–Crippen MR) is 130 cm³/mol. The number of benzene rings is 1. The van der Waals surface area contributed by atoms with Crippen molar-refractivity contribution in [3.63, 3.8) is 0 Å². The maximum absolute atomic E-state index is 11.5. The normalized spacial score (nSPS) is 12.7. The number of anilines is 1. The SMILES string of the molecule is CCC(CC)n1c(Cc2cccs2)nc2c(N[C@H](CC(=O)O)CC(C)C)c(C)ccc21. The van der Waals surface area contributed by atoms with Crippen LogP contribution in [0.3, 0.4) is 0 Å². The number of nitrogens with one attached hydrogen (secondary N) is 1. The van der Waals surface area contributed by atoms with Crippen LogP contribution in [0.25, 0.3) is 11.0 Å². The highest BCUT2D eigenvalue weighted by atomic mass is 32.1. The van der Waals surface area contributed by atoms with Gasteiger partial charge in [-0.05, 0) is 55.2 Å². The fourth-order valence-corrected chi connectivity index (χ4v) is 5.13. The van der Waals surface area contributed by atoms with Gasteiger partial charge in [0.1, 0.15) is 11.3 Å². The van der Waals surface area contributed by atoms with E-state index >= 15 is 0 Å². The third-order valence-electron chi connectivity index (χ3n) is 5.89. The molecule has 6 heteroatoms. The molecule has 2 heterocycles. The lowest BCUT2D eigenvalue weighted by Crippen LogP contribution is -2.25. The van der Waals surface area contributed by atoms with Crippen LogP contribution < -0.4 is 5.32 Å². The van der Waals surface area contributed by atoms with Crippen molar-refractivity contribution >= 4 is 34.0 Å². The molecule has 1 atom stereocenters. The van der Waals surface area contributed by atoms with E-state index in [0.29, 0.717) is 12.0 Å². The molecular formula is C25H35N3O2S. The molecule has 3 aromatic rings. The molecular weight excluding hydrogens is 406 g/mol. The zero-order chi connectivity index (χ0) is 22.5. The van der Waals surface area contributed by atoms with Crippen molar-refractivity contribution in [1.29, 1.82) is 0 Å². The summed E-state index contributed by atoms with van der Waals surface area (Å²) < 4.78 is 2.41. The molecule has 0 saturated carbocycles. The summed E-state index contributed by atoms with van der Waals surface area (Å²) in [6.45, 7) is 10.8. The highest BCUT2D eigenvalue weighted by Crippen LogP contribution is 2.34. The Hall–Kier alpha value is -2.34. The molecule has 0 amide bonds. The van der Waals surface area contributed by atoms with Crippen LogP contribution in [0.1, 0.15) is 75.7 Å². The number of imidazole rings is 1. The number of hydrogen-bond donors (Lipinski definition) is 2. The maximum atomic E-state index is 11.5. The Morgan fingerprint density at radius 1 is 1.23 bits per heavy atom. The summed E-state index contributed by atoms with van der Waals surface area (Å²) in [5.74, 6) is 0.718. The van der Waals surface area contributed by atoms with Gasteiger partial charge in [0, 0.05) is 23.4 Å². The smallest absolute Gasteiger partial charge is 0.305 e. The second-order valence-corrected chi connectivity index (χ2v) is 9.85. The summed E-state index contributed by atoms with van der Waals surface area (Å²) in [5, 5.41) is 15.1. The van der Waals surface area contributed by atoms with Crippen LogP contribution in [0.15, 0.2) is 29.6 Å². The first kappa shape index (κ1) is 23.3. The first-order valence-corrected chi connectivity index (χ1v) is 12.2. The van der Waals surface area contributed by atoms with E-state index in [1.165, 1.54) is 4.88 Å². The molecule has 0 aliphatic carbocycles. The molecule has 31 heavy (non-hydrogen) atoms. The number of aliphatic carboxylic acids is 1. The number of carboxylic acids is 1. The van der Waals surface area contributed by atoms with E-state index in [2.05, 4.69) is 74.1 Å². The van der Waals surface area contributed by atoms with Crippen molar-refractivity contribution < 1.29 is 9.90 Å². The molecule has 0 aliphatic heterocycles. The Labute approximate surface area is 189 Å². The van der Waals surface area contributed by atoms with Crippen molar-refractivity contribution in [2.75, 3.05) is 5.32 Å². The summed E-state index contributed by atoms with van der Waals surface area (Å²) in [7, 11) is 0. The minimum atomic E-state index is -0.774. The minimum Gasteiger partial charge on any atom is -0.481 e. The lowest BCUT2D eigenvalue weighted by atomic mass is 10.00. The monoisotopic (exact) mass is 441 g/mol. The number of aromatic nitrogens is 2. The average Bonchev–Trinajstić information content (AvgIpc) is 3.33. The van der Waals surface area contributed by atoms with Crippen molar-refractivity contribution in [2.45, 2.75) is 78.8 Å². The molecule has 3 rings (SSSR count). The standard InChI is InChI=1S/C25H35N3O2S/c1-6-19(7-2)28-21-11-10-17(5)24(26-18(13-16(3)4)14-23(29)30)25(21)27-22(28)15-20-9-8-12-31-20/h8-12,16,18-19,26H,6-7,13-15H2,1-5H3,(H,29,30)/t18-/m0/s1. The van der Waals surface area contributed by atoms with Gasteiger partial charge >= 0.3 is 5.97 Å². The van der Waals surface area contributed by atoms with Gasteiger partial charge in [0.25, 0.3) is 0 Å². The second kappa shape index (κ2) is 10.3. The molecule has 2 aromatic heterocycles. The minimum absolute atomic E-state index is 0.101. The van der Waals surface area contributed by atoms with Crippen molar-refractivity contribution in [2.24, 2.45) is 5.92 Å². The molecule has 0 fully saturated rings. The number of nitrogens with zero attached hydrogens (tertiary/aromatic N) is 2. The lowest BCUT2D eigenvalue weighted by Gasteiger charge is -2.22. The summed E-state index contributed by atoms with van der Waals surface area (Å²) in [4.78, 5) is 17.9.